The van der Waals surface area contributed by atoms with Crippen molar-refractivity contribution in [2.24, 2.45) is 0 Å². The minimum absolute atomic E-state index is 0.0422. The zero-order valence-corrected chi connectivity index (χ0v) is 23.3. The minimum atomic E-state index is -0.761. The van der Waals surface area contributed by atoms with Gasteiger partial charge in [0.1, 0.15) is 11.9 Å². The highest BCUT2D eigenvalue weighted by atomic mass is 35.5. The van der Waals surface area contributed by atoms with Gasteiger partial charge in [0, 0.05) is 40.4 Å². The Morgan fingerprint density at radius 2 is 1.59 bits per heavy atom. The third-order valence-corrected chi connectivity index (χ3v) is 7.77. The van der Waals surface area contributed by atoms with Crippen LogP contribution in [-0.2, 0) is 28.3 Å². The van der Waals surface area contributed by atoms with Gasteiger partial charge in [-0.15, -0.1) is 11.8 Å². The highest BCUT2D eigenvalue weighted by molar-refractivity contribution is 7.99. The van der Waals surface area contributed by atoms with E-state index in [1.165, 1.54) is 23.9 Å². The van der Waals surface area contributed by atoms with E-state index >= 15 is 0 Å². The van der Waals surface area contributed by atoms with Crippen LogP contribution in [-0.4, -0.2) is 34.6 Å². The molecule has 1 N–H and O–H groups in total. The molecule has 37 heavy (non-hydrogen) atoms. The molecule has 4 nitrogen and oxygen atoms in total. The van der Waals surface area contributed by atoms with Crippen LogP contribution < -0.4 is 5.32 Å². The molecule has 0 aliphatic rings. The normalized spacial score (nSPS) is 12.6. The van der Waals surface area contributed by atoms with Crippen LogP contribution >= 0.6 is 35.0 Å². The molecule has 0 spiro atoms. The number of benzene rings is 3. The molecular formula is C29H31Cl2FN2O2S. The number of halogens is 3. The second kappa shape index (κ2) is 14.4. The van der Waals surface area contributed by atoms with E-state index < -0.39 is 6.04 Å². The third kappa shape index (κ3) is 8.77. The van der Waals surface area contributed by atoms with Gasteiger partial charge >= 0.3 is 0 Å². The zero-order valence-electron chi connectivity index (χ0n) is 20.9. The highest BCUT2D eigenvalue weighted by Crippen LogP contribution is 2.28. The monoisotopic (exact) mass is 560 g/mol. The topological polar surface area (TPSA) is 49.4 Å². The highest BCUT2D eigenvalue weighted by Gasteiger charge is 2.31. The van der Waals surface area contributed by atoms with Gasteiger partial charge in [-0.25, -0.2) is 4.39 Å². The van der Waals surface area contributed by atoms with Gasteiger partial charge in [-0.2, -0.15) is 0 Å². The van der Waals surface area contributed by atoms with Gasteiger partial charge in [0.2, 0.25) is 11.8 Å². The Balaban J connectivity index is 1.90. The van der Waals surface area contributed by atoms with Crippen molar-refractivity contribution in [1.29, 1.82) is 0 Å². The molecular weight excluding hydrogens is 530 g/mol. The van der Waals surface area contributed by atoms with Crippen molar-refractivity contribution in [1.82, 2.24) is 10.2 Å². The molecule has 3 aromatic carbocycles. The maximum absolute atomic E-state index is 13.7. The first-order chi connectivity index (χ1) is 17.8. The quantitative estimate of drug-likeness (QED) is 0.261. The second-order valence-electron chi connectivity index (χ2n) is 8.86. The van der Waals surface area contributed by atoms with E-state index in [2.05, 4.69) is 5.32 Å². The smallest absolute Gasteiger partial charge is 0.243 e. The van der Waals surface area contributed by atoms with Crippen molar-refractivity contribution in [2.45, 2.75) is 51.1 Å². The number of thioether (sulfide) groups is 1. The molecule has 196 valence electrons. The van der Waals surface area contributed by atoms with E-state index in [4.69, 9.17) is 23.2 Å². The predicted molar refractivity (Wildman–Crippen MR) is 151 cm³/mol. The Hall–Kier alpha value is -2.54. The lowest BCUT2D eigenvalue weighted by Gasteiger charge is -2.32. The summed E-state index contributed by atoms with van der Waals surface area (Å²) in [5.41, 5.74) is 2.45. The molecule has 2 atom stereocenters. The molecule has 0 radical (unpaired) electrons. The van der Waals surface area contributed by atoms with Crippen molar-refractivity contribution in [3.05, 3.63) is 105 Å². The molecule has 0 aliphatic heterocycles. The number of hydrogen-bond donors (Lipinski definition) is 1. The number of nitrogens with one attached hydrogen (secondary N) is 1. The molecule has 0 heterocycles. The van der Waals surface area contributed by atoms with Crippen LogP contribution in [0.3, 0.4) is 0 Å². The summed E-state index contributed by atoms with van der Waals surface area (Å²) in [5.74, 6) is -0.0542. The summed E-state index contributed by atoms with van der Waals surface area (Å²) in [5, 5.41) is 3.92. The van der Waals surface area contributed by atoms with Crippen LogP contribution in [0.4, 0.5) is 4.39 Å². The average Bonchev–Trinajstić information content (AvgIpc) is 2.89. The van der Waals surface area contributed by atoms with Gasteiger partial charge in [0.15, 0.2) is 0 Å². The fourth-order valence-electron chi connectivity index (χ4n) is 3.77. The summed E-state index contributed by atoms with van der Waals surface area (Å²) in [4.78, 5) is 28.8. The average molecular weight is 562 g/mol. The number of rotatable bonds is 12. The molecule has 3 rings (SSSR count). The SMILES string of the molecule is CC[C@@H](C)NC(=O)[C@@H](Cc1ccccc1)N(Cc1c(Cl)cccc1Cl)C(=O)CSCc1ccc(F)cc1. The molecule has 3 aromatic rings. The molecule has 0 bridgehead atoms. The van der Waals surface area contributed by atoms with E-state index in [-0.39, 0.29) is 36.0 Å². The number of hydrogen-bond acceptors (Lipinski definition) is 3. The van der Waals surface area contributed by atoms with Crippen LogP contribution in [0.15, 0.2) is 72.8 Å². The summed E-state index contributed by atoms with van der Waals surface area (Å²) < 4.78 is 13.2. The number of carbonyl (C=O) groups excluding carboxylic acids is 2. The summed E-state index contributed by atoms with van der Waals surface area (Å²) in [7, 11) is 0. The Labute approximate surface area is 232 Å². The first-order valence-electron chi connectivity index (χ1n) is 12.2. The Bertz CT molecular complexity index is 1160. The summed E-state index contributed by atoms with van der Waals surface area (Å²) in [6.45, 7) is 4.03. The molecule has 0 saturated heterocycles. The van der Waals surface area contributed by atoms with E-state index in [9.17, 15) is 14.0 Å². The van der Waals surface area contributed by atoms with E-state index in [1.807, 2.05) is 44.2 Å². The van der Waals surface area contributed by atoms with Crippen molar-refractivity contribution in [2.75, 3.05) is 5.75 Å². The van der Waals surface area contributed by atoms with E-state index in [0.717, 1.165) is 17.5 Å². The fourth-order valence-corrected chi connectivity index (χ4v) is 5.16. The van der Waals surface area contributed by atoms with Crippen molar-refractivity contribution >= 4 is 46.8 Å². The Morgan fingerprint density at radius 3 is 2.22 bits per heavy atom. The maximum atomic E-state index is 13.7. The summed E-state index contributed by atoms with van der Waals surface area (Å²) in [6.07, 6.45) is 1.11. The molecule has 0 aliphatic carbocycles. The molecule has 0 aromatic heterocycles. The fraction of sp³-hybridized carbons (Fsp3) is 0.310. The Kier molecular flexibility index (Phi) is 11.3. The maximum Gasteiger partial charge on any atom is 0.243 e. The van der Waals surface area contributed by atoms with Gasteiger partial charge in [0.05, 0.1) is 5.75 Å². The van der Waals surface area contributed by atoms with E-state index in [1.54, 1.807) is 35.2 Å². The van der Waals surface area contributed by atoms with Gasteiger partial charge in [-0.3, -0.25) is 9.59 Å². The first kappa shape index (κ1) is 29.0. The zero-order chi connectivity index (χ0) is 26.8. The van der Waals surface area contributed by atoms with Crippen LogP contribution in [0.1, 0.15) is 37.0 Å². The molecule has 0 fully saturated rings. The van der Waals surface area contributed by atoms with Gasteiger partial charge in [-0.1, -0.05) is 78.7 Å². The number of amides is 2. The number of nitrogens with zero attached hydrogens (tertiary/aromatic N) is 1. The molecule has 0 saturated carbocycles. The molecule has 0 unspecified atom stereocenters. The largest absolute Gasteiger partial charge is 0.352 e. The van der Waals surface area contributed by atoms with Crippen LogP contribution in [0.25, 0.3) is 0 Å². The number of carbonyl (C=O) groups is 2. The van der Waals surface area contributed by atoms with Gasteiger partial charge in [-0.05, 0) is 48.7 Å². The lowest BCUT2D eigenvalue weighted by molar-refractivity contribution is -0.139. The van der Waals surface area contributed by atoms with E-state index in [0.29, 0.717) is 27.8 Å². The van der Waals surface area contributed by atoms with Crippen molar-refractivity contribution in [3.63, 3.8) is 0 Å². The lowest BCUT2D eigenvalue weighted by atomic mass is 10.0. The van der Waals surface area contributed by atoms with Gasteiger partial charge < -0.3 is 10.2 Å². The molecule has 8 heteroatoms. The van der Waals surface area contributed by atoms with Crippen LogP contribution in [0.5, 0.6) is 0 Å². The van der Waals surface area contributed by atoms with Crippen LogP contribution in [0.2, 0.25) is 10.0 Å². The summed E-state index contributed by atoms with van der Waals surface area (Å²) >= 11 is 14.3. The lowest BCUT2D eigenvalue weighted by Crippen LogP contribution is -2.52. The predicted octanol–water partition coefficient (Wildman–Crippen LogP) is 6.92. The van der Waals surface area contributed by atoms with Crippen molar-refractivity contribution < 1.29 is 14.0 Å². The second-order valence-corrected chi connectivity index (χ2v) is 10.7. The minimum Gasteiger partial charge on any atom is -0.352 e. The molecule has 2 amide bonds. The first-order valence-corrected chi connectivity index (χ1v) is 14.1. The third-order valence-electron chi connectivity index (χ3n) is 6.07. The van der Waals surface area contributed by atoms with Crippen LogP contribution in [0, 0.1) is 5.82 Å². The van der Waals surface area contributed by atoms with Crippen molar-refractivity contribution in [3.8, 4) is 0 Å². The summed E-state index contributed by atoms with van der Waals surface area (Å²) in [6, 6.07) is 20.2. The van der Waals surface area contributed by atoms with Gasteiger partial charge in [0.25, 0.3) is 0 Å². The standard InChI is InChI=1S/C29H31Cl2FN2O2S/c1-3-20(2)33-29(36)27(16-21-8-5-4-6-9-21)34(17-24-25(30)10-7-11-26(24)31)28(35)19-37-18-22-12-14-23(32)15-13-22/h4-15,20,27H,3,16-19H2,1-2H3,(H,33,36)/t20-,27-/m1/s1. The Morgan fingerprint density at radius 1 is 0.946 bits per heavy atom.